The van der Waals surface area contributed by atoms with Crippen LogP contribution in [0.15, 0.2) is 24.3 Å². The average molecular weight is 273 g/mol. The van der Waals surface area contributed by atoms with E-state index in [0.29, 0.717) is 12.6 Å². The Hall–Kier alpha value is -0.220. The third kappa shape index (κ3) is 4.88. The molecule has 1 aromatic rings. The van der Waals surface area contributed by atoms with Crippen molar-refractivity contribution in [3.05, 3.63) is 34.9 Å². The summed E-state index contributed by atoms with van der Waals surface area (Å²) < 4.78 is 0. The van der Waals surface area contributed by atoms with E-state index in [1.54, 1.807) is 0 Å². The van der Waals surface area contributed by atoms with Gasteiger partial charge in [0, 0.05) is 24.2 Å². The van der Waals surface area contributed by atoms with Crippen molar-refractivity contribution in [2.75, 3.05) is 25.6 Å². The largest absolute Gasteiger partial charge is 0.329 e. The lowest BCUT2D eigenvalue weighted by Crippen LogP contribution is -2.37. The number of thioether (sulfide) groups is 1. The van der Waals surface area contributed by atoms with Gasteiger partial charge in [-0.3, -0.25) is 4.90 Å². The van der Waals surface area contributed by atoms with E-state index in [1.165, 1.54) is 5.56 Å². The van der Waals surface area contributed by atoms with Crippen molar-refractivity contribution in [2.45, 2.75) is 19.0 Å². The molecule has 1 unspecified atom stereocenters. The van der Waals surface area contributed by atoms with Gasteiger partial charge < -0.3 is 5.73 Å². The predicted octanol–water partition coefficient (Wildman–Crippen LogP) is 2.85. The highest BCUT2D eigenvalue weighted by molar-refractivity contribution is 7.98. The van der Waals surface area contributed by atoms with Gasteiger partial charge in [0.15, 0.2) is 0 Å². The number of benzene rings is 1. The van der Waals surface area contributed by atoms with Crippen LogP contribution >= 0.6 is 23.4 Å². The van der Waals surface area contributed by atoms with Gasteiger partial charge in [0.1, 0.15) is 0 Å². The molecule has 0 radical (unpaired) electrons. The minimum Gasteiger partial charge on any atom is -0.329 e. The van der Waals surface area contributed by atoms with Gasteiger partial charge in [-0.15, -0.1) is 0 Å². The Balaban J connectivity index is 2.57. The van der Waals surface area contributed by atoms with E-state index in [4.69, 9.17) is 17.3 Å². The Morgan fingerprint density at radius 3 is 2.71 bits per heavy atom. The van der Waals surface area contributed by atoms with E-state index >= 15 is 0 Å². The smallest absolute Gasteiger partial charge is 0.0451 e. The first-order valence-electron chi connectivity index (χ1n) is 5.81. The molecule has 0 aliphatic rings. The van der Waals surface area contributed by atoms with E-state index in [-0.39, 0.29) is 0 Å². The lowest BCUT2D eigenvalue weighted by atomic mass is 10.1. The fourth-order valence-electron chi connectivity index (χ4n) is 1.80. The fraction of sp³-hybridized carbons (Fsp3) is 0.538. The lowest BCUT2D eigenvalue weighted by Gasteiger charge is -2.27. The zero-order valence-corrected chi connectivity index (χ0v) is 12.1. The van der Waals surface area contributed by atoms with Gasteiger partial charge in [-0.1, -0.05) is 29.8 Å². The highest BCUT2D eigenvalue weighted by Gasteiger charge is 2.13. The van der Waals surface area contributed by atoms with Crippen LogP contribution in [-0.4, -0.2) is 36.5 Å². The summed E-state index contributed by atoms with van der Waals surface area (Å²) in [7, 11) is 2.11. The highest BCUT2D eigenvalue weighted by Crippen LogP contribution is 2.18. The van der Waals surface area contributed by atoms with Crippen LogP contribution < -0.4 is 5.73 Å². The summed E-state index contributed by atoms with van der Waals surface area (Å²) >= 11 is 8.02. The molecule has 0 amide bonds. The van der Waals surface area contributed by atoms with E-state index in [2.05, 4.69) is 24.3 Å². The van der Waals surface area contributed by atoms with E-state index < -0.39 is 0 Å². The number of hydrogen-bond acceptors (Lipinski definition) is 3. The number of likely N-dealkylation sites (N-methyl/N-ethyl adjacent to an activating group) is 1. The summed E-state index contributed by atoms with van der Waals surface area (Å²) in [6.45, 7) is 1.55. The molecule has 0 fully saturated rings. The SMILES string of the molecule is CSCCC(CN)N(C)Cc1ccccc1Cl. The van der Waals surface area contributed by atoms with E-state index in [0.717, 1.165) is 23.7 Å². The normalized spacial score (nSPS) is 13.0. The molecule has 0 saturated carbocycles. The summed E-state index contributed by atoms with van der Waals surface area (Å²) in [5.74, 6) is 1.15. The van der Waals surface area contributed by atoms with Crippen molar-refractivity contribution in [3.63, 3.8) is 0 Å². The molecule has 1 rings (SSSR count). The molecule has 1 atom stereocenters. The van der Waals surface area contributed by atoms with Crippen molar-refractivity contribution in [1.29, 1.82) is 0 Å². The highest BCUT2D eigenvalue weighted by atomic mass is 35.5. The third-order valence-electron chi connectivity index (χ3n) is 2.93. The standard InChI is InChI=1S/C13H21ClN2S/c1-16(12(9-15)7-8-17-2)10-11-5-3-4-6-13(11)14/h3-6,12H,7-10,15H2,1-2H3. The van der Waals surface area contributed by atoms with Crippen molar-refractivity contribution in [3.8, 4) is 0 Å². The first-order valence-corrected chi connectivity index (χ1v) is 7.59. The molecule has 0 spiro atoms. The van der Waals surface area contributed by atoms with E-state index in [1.807, 2.05) is 30.0 Å². The Morgan fingerprint density at radius 1 is 1.41 bits per heavy atom. The van der Waals surface area contributed by atoms with Crippen LogP contribution in [0.1, 0.15) is 12.0 Å². The second-order valence-electron chi connectivity index (χ2n) is 4.18. The van der Waals surface area contributed by atoms with Crippen LogP contribution in [0, 0.1) is 0 Å². The van der Waals surface area contributed by atoms with Crippen LogP contribution in [0.3, 0.4) is 0 Å². The monoisotopic (exact) mass is 272 g/mol. The van der Waals surface area contributed by atoms with Crippen molar-refractivity contribution >= 4 is 23.4 Å². The second-order valence-corrected chi connectivity index (χ2v) is 5.57. The van der Waals surface area contributed by atoms with Gasteiger partial charge in [-0.05, 0) is 37.1 Å². The van der Waals surface area contributed by atoms with Crippen molar-refractivity contribution in [1.82, 2.24) is 4.90 Å². The number of rotatable bonds is 7. The summed E-state index contributed by atoms with van der Waals surface area (Å²) in [4.78, 5) is 2.29. The molecule has 2 N–H and O–H groups in total. The predicted molar refractivity (Wildman–Crippen MR) is 78.8 cm³/mol. The number of hydrogen-bond donors (Lipinski definition) is 1. The van der Waals surface area contributed by atoms with Crippen LogP contribution in [0.25, 0.3) is 0 Å². The quantitative estimate of drug-likeness (QED) is 0.828. The van der Waals surface area contributed by atoms with Gasteiger partial charge in [-0.2, -0.15) is 11.8 Å². The third-order valence-corrected chi connectivity index (χ3v) is 3.94. The summed E-state index contributed by atoms with van der Waals surface area (Å²) in [6, 6.07) is 8.41. The number of halogens is 1. The average Bonchev–Trinajstić information content (AvgIpc) is 2.33. The van der Waals surface area contributed by atoms with Crippen molar-refractivity contribution < 1.29 is 0 Å². The molecule has 96 valence electrons. The number of nitrogens with zero attached hydrogens (tertiary/aromatic N) is 1. The summed E-state index contributed by atoms with van der Waals surface area (Å²) in [5, 5.41) is 0.833. The van der Waals surface area contributed by atoms with Crippen LogP contribution in [0.5, 0.6) is 0 Å². The maximum absolute atomic E-state index is 6.16. The maximum atomic E-state index is 6.16. The molecule has 0 aliphatic carbocycles. The fourth-order valence-corrected chi connectivity index (χ4v) is 2.50. The van der Waals surface area contributed by atoms with Crippen LogP contribution in [0.4, 0.5) is 0 Å². The molecule has 2 nitrogen and oxygen atoms in total. The molecule has 0 aromatic heterocycles. The molecule has 1 aromatic carbocycles. The molecule has 0 heterocycles. The van der Waals surface area contributed by atoms with Gasteiger partial charge >= 0.3 is 0 Å². The van der Waals surface area contributed by atoms with Crippen molar-refractivity contribution in [2.24, 2.45) is 5.73 Å². The Morgan fingerprint density at radius 2 is 2.12 bits per heavy atom. The minimum absolute atomic E-state index is 0.429. The van der Waals surface area contributed by atoms with E-state index in [9.17, 15) is 0 Å². The summed E-state index contributed by atoms with van der Waals surface area (Å²) in [6.07, 6.45) is 3.25. The number of nitrogens with two attached hydrogens (primary N) is 1. The zero-order valence-electron chi connectivity index (χ0n) is 10.5. The van der Waals surface area contributed by atoms with Gasteiger partial charge in [0.2, 0.25) is 0 Å². The Labute approximate surface area is 114 Å². The zero-order chi connectivity index (χ0) is 12.7. The topological polar surface area (TPSA) is 29.3 Å². The van der Waals surface area contributed by atoms with Crippen LogP contribution in [-0.2, 0) is 6.54 Å². The molecule has 0 saturated heterocycles. The van der Waals surface area contributed by atoms with Gasteiger partial charge in [0.05, 0.1) is 0 Å². The molecular formula is C13H21ClN2S. The maximum Gasteiger partial charge on any atom is 0.0451 e. The lowest BCUT2D eigenvalue weighted by molar-refractivity contribution is 0.234. The molecule has 4 heteroatoms. The first kappa shape index (κ1) is 14.8. The Bertz CT molecular complexity index is 333. The Kier molecular flexibility index (Phi) is 6.97. The second kappa shape index (κ2) is 7.98. The van der Waals surface area contributed by atoms with Gasteiger partial charge in [0.25, 0.3) is 0 Å². The molecule has 0 bridgehead atoms. The molecule has 0 aliphatic heterocycles. The minimum atomic E-state index is 0.429. The molecular weight excluding hydrogens is 252 g/mol. The van der Waals surface area contributed by atoms with Crippen LogP contribution in [0.2, 0.25) is 5.02 Å². The summed E-state index contributed by atoms with van der Waals surface area (Å²) in [5.41, 5.74) is 6.99. The molecule has 17 heavy (non-hydrogen) atoms. The first-order chi connectivity index (χ1) is 8.19. The van der Waals surface area contributed by atoms with Gasteiger partial charge in [-0.25, -0.2) is 0 Å².